The van der Waals surface area contributed by atoms with Crippen molar-refractivity contribution in [3.63, 3.8) is 0 Å². The lowest BCUT2D eigenvalue weighted by atomic mass is 10.3. The van der Waals surface area contributed by atoms with Crippen molar-refractivity contribution < 1.29 is 9.59 Å². The Balaban J connectivity index is 2.38. The number of nitrogens with zero attached hydrogens (tertiary/aromatic N) is 2. The van der Waals surface area contributed by atoms with E-state index in [1.807, 2.05) is 0 Å². The van der Waals surface area contributed by atoms with Gasteiger partial charge in [-0.05, 0) is 6.26 Å². The van der Waals surface area contributed by atoms with Crippen molar-refractivity contribution in [3.05, 3.63) is 0 Å². The number of rotatable bonds is 0. The number of carbonyl (C=O) groups is 2. The highest BCUT2D eigenvalue weighted by molar-refractivity contribution is 8.12. The first-order valence-electron chi connectivity index (χ1n) is 4.48. The van der Waals surface area contributed by atoms with E-state index in [1.165, 1.54) is 11.8 Å². The quantitative estimate of drug-likeness (QED) is 0.640. The van der Waals surface area contributed by atoms with Crippen LogP contribution in [0.3, 0.4) is 0 Å². The van der Waals surface area contributed by atoms with Gasteiger partial charge >= 0.3 is 6.03 Å². The van der Waals surface area contributed by atoms with Gasteiger partial charge in [-0.25, -0.2) is 4.79 Å². The van der Waals surface area contributed by atoms with E-state index in [0.29, 0.717) is 26.2 Å². The second kappa shape index (κ2) is 5.09. The Hall–Kier alpha value is -0.910. The van der Waals surface area contributed by atoms with Crippen LogP contribution in [0.25, 0.3) is 0 Å². The summed E-state index contributed by atoms with van der Waals surface area (Å²) < 4.78 is 0. The van der Waals surface area contributed by atoms with E-state index in [-0.39, 0.29) is 11.3 Å². The molecule has 1 fully saturated rings. The Morgan fingerprint density at radius 2 is 1.64 bits per heavy atom. The van der Waals surface area contributed by atoms with Crippen LogP contribution in [0.5, 0.6) is 0 Å². The van der Waals surface area contributed by atoms with Crippen molar-refractivity contribution >= 4 is 23.0 Å². The third kappa shape index (κ3) is 2.54. The molecule has 0 radical (unpaired) electrons. The molecule has 0 aromatic rings. The fourth-order valence-corrected chi connectivity index (χ4v) is 1.82. The number of hydrogen-bond donors (Lipinski definition) is 1. The largest absolute Gasteiger partial charge is 0.341 e. The van der Waals surface area contributed by atoms with Gasteiger partial charge in [0.25, 0.3) is 5.24 Å². The molecule has 0 aromatic heterocycles. The van der Waals surface area contributed by atoms with Crippen LogP contribution in [-0.2, 0) is 0 Å². The highest BCUT2D eigenvalue weighted by atomic mass is 32.2. The van der Waals surface area contributed by atoms with Crippen molar-refractivity contribution in [2.75, 3.05) is 39.5 Å². The van der Waals surface area contributed by atoms with Crippen LogP contribution in [-0.4, -0.2) is 60.6 Å². The first-order valence-corrected chi connectivity index (χ1v) is 5.71. The minimum atomic E-state index is -0.0683. The first kappa shape index (κ1) is 11.2. The summed E-state index contributed by atoms with van der Waals surface area (Å²) >= 11 is 1.21. The van der Waals surface area contributed by atoms with Crippen molar-refractivity contribution in [3.8, 4) is 0 Å². The molecule has 1 aliphatic rings. The van der Waals surface area contributed by atoms with E-state index in [2.05, 4.69) is 5.32 Å². The minimum absolute atomic E-state index is 0.0683. The fraction of sp³-hybridized carbons (Fsp3) is 0.750. The van der Waals surface area contributed by atoms with E-state index in [0.717, 1.165) is 0 Å². The molecule has 0 saturated carbocycles. The van der Waals surface area contributed by atoms with Crippen molar-refractivity contribution in [1.82, 2.24) is 15.1 Å². The Morgan fingerprint density at radius 1 is 1.14 bits per heavy atom. The summed E-state index contributed by atoms with van der Waals surface area (Å²) in [6.07, 6.45) is 1.77. The molecule has 0 spiro atoms. The van der Waals surface area contributed by atoms with Crippen molar-refractivity contribution in [1.29, 1.82) is 0 Å². The summed E-state index contributed by atoms with van der Waals surface area (Å²) in [7, 11) is 1.61. The Kier molecular flexibility index (Phi) is 4.06. The number of thioether (sulfide) groups is 1. The topological polar surface area (TPSA) is 52.7 Å². The number of hydrogen-bond acceptors (Lipinski definition) is 3. The highest BCUT2D eigenvalue weighted by Gasteiger charge is 2.22. The maximum Gasteiger partial charge on any atom is 0.317 e. The van der Waals surface area contributed by atoms with Crippen molar-refractivity contribution in [2.24, 2.45) is 0 Å². The predicted octanol–water partition coefficient (Wildman–Crippen LogP) is 0.426. The van der Waals surface area contributed by atoms with Gasteiger partial charge in [0.1, 0.15) is 0 Å². The minimum Gasteiger partial charge on any atom is -0.341 e. The zero-order chi connectivity index (χ0) is 10.6. The maximum absolute atomic E-state index is 11.3. The van der Waals surface area contributed by atoms with E-state index in [1.54, 1.807) is 23.1 Å². The Labute approximate surface area is 87.8 Å². The lowest BCUT2D eigenvalue weighted by Gasteiger charge is -2.33. The van der Waals surface area contributed by atoms with Crippen LogP contribution in [0.4, 0.5) is 9.59 Å². The van der Waals surface area contributed by atoms with E-state index >= 15 is 0 Å². The molecule has 6 heteroatoms. The second-order valence-electron chi connectivity index (χ2n) is 3.00. The van der Waals surface area contributed by atoms with Gasteiger partial charge in [0.2, 0.25) is 0 Å². The molecule has 0 aliphatic carbocycles. The number of urea groups is 1. The average molecular weight is 217 g/mol. The van der Waals surface area contributed by atoms with E-state index in [4.69, 9.17) is 0 Å². The Bertz CT molecular complexity index is 203. The summed E-state index contributed by atoms with van der Waals surface area (Å²) in [6.45, 7) is 2.50. The first-order chi connectivity index (χ1) is 6.69. The van der Waals surface area contributed by atoms with Gasteiger partial charge in [-0.3, -0.25) is 4.79 Å². The van der Waals surface area contributed by atoms with Crippen LogP contribution in [0.1, 0.15) is 0 Å². The molecule has 0 unspecified atom stereocenters. The normalized spacial score (nSPS) is 16.7. The number of nitrogens with one attached hydrogen (secondary N) is 1. The molecule has 3 amide bonds. The SMILES string of the molecule is CNC(=O)N1CCN(C(=O)SC)CC1. The number of amides is 3. The van der Waals surface area contributed by atoms with Crippen LogP contribution < -0.4 is 5.32 Å². The zero-order valence-corrected chi connectivity index (χ0v) is 9.26. The zero-order valence-electron chi connectivity index (χ0n) is 8.45. The molecule has 0 aromatic carbocycles. The molecule has 0 bridgehead atoms. The smallest absolute Gasteiger partial charge is 0.317 e. The third-order valence-corrected chi connectivity index (χ3v) is 2.82. The van der Waals surface area contributed by atoms with Crippen molar-refractivity contribution in [2.45, 2.75) is 0 Å². The van der Waals surface area contributed by atoms with Gasteiger partial charge in [-0.2, -0.15) is 0 Å². The molecule has 1 aliphatic heterocycles. The third-order valence-electron chi connectivity index (χ3n) is 2.21. The average Bonchev–Trinajstić information content (AvgIpc) is 2.27. The van der Waals surface area contributed by atoms with Gasteiger partial charge in [0.05, 0.1) is 0 Å². The van der Waals surface area contributed by atoms with Gasteiger partial charge in [0, 0.05) is 33.2 Å². The molecular weight excluding hydrogens is 202 g/mol. The maximum atomic E-state index is 11.3. The van der Waals surface area contributed by atoms with Gasteiger partial charge in [-0.15, -0.1) is 0 Å². The number of carbonyl (C=O) groups excluding carboxylic acids is 2. The van der Waals surface area contributed by atoms with Crippen LogP contribution >= 0.6 is 11.8 Å². The molecule has 1 N–H and O–H groups in total. The fourth-order valence-electron chi connectivity index (χ4n) is 1.38. The molecule has 1 rings (SSSR count). The second-order valence-corrected chi connectivity index (χ2v) is 3.76. The molecule has 80 valence electrons. The summed E-state index contributed by atoms with van der Waals surface area (Å²) in [6, 6.07) is -0.0683. The van der Waals surface area contributed by atoms with E-state index < -0.39 is 0 Å². The highest BCUT2D eigenvalue weighted by Crippen LogP contribution is 2.08. The van der Waals surface area contributed by atoms with Gasteiger partial charge in [0.15, 0.2) is 0 Å². The lowest BCUT2D eigenvalue weighted by molar-refractivity contribution is 0.155. The van der Waals surface area contributed by atoms with Crippen LogP contribution in [0, 0.1) is 0 Å². The molecule has 1 heterocycles. The summed E-state index contributed by atoms with van der Waals surface area (Å²) in [5.74, 6) is 0. The monoisotopic (exact) mass is 217 g/mol. The van der Waals surface area contributed by atoms with Gasteiger partial charge in [-0.1, -0.05) is 11.8 Å². The summed E-state index contributed by atoms with van der Waals surface area (Å²) in [5.41, 5.74) is 0. The van der Waals surface area contributed by atoms with E-state index in [9.17, 15) is 9.59 Å². The van der Waals surface area contributed by atoms with Crippen LogP contribution in [0.15, 0.2) is 0 Å². The Morgan fingerprint density at radius 3 is 2.07 bits per heavy atom. The molecule has 5 nitrogen and oxygen atoms in total. The predicted molar refractivity (Wildman–Crippen MR) is 56.5 cm³/mol. The molecule has 0 atom stereocenters. The van der Waals surface area contributed by atoms with Gasteiger partial charge < -0.3 is 15.1 Å². The molecule has 14 heavy (non-hydrogen) atoms. The molecule has 1 saturated heterocycles. The summed E-state index contributed by atoms with van der Waals surface area (Å²) in [4.78, 5) is 26.0. The number of piperazine rings is 1. The lowest BCUT2D eigenvalue weighted by Crippen LogP contribution is -2.51. The van der Waals surface area contributed by atoms with Crippen LogP contribution in [0.2, 0.25) is 0 Å². The molecular formula is C8H15N3O2S. The summed E-state index contributed by atoms with van der Waals surface area (Å²) in [5, 5.41) is 2.66. The standard InChI is InChI=1S/C8H15N3O2S/c1-9-7(12)10-3-5-11(6-4-10)8(13)14-2/h3-6H2,1-2H3,(H,9,12).